The van der Waals surface area contributed by atoms with Gasteiger partial charge in [-0.25, -0.2) is 4.79 Å². The molecule has 98 valence electrons. The molecule has 2 aromatic carbocycles. The van der Waals surface area contributed by atoms with Crippen molar-refractivity contribution in [3.05, 3.63) is 65.2 Å². The number of benzene rings is 2. The van der Waals surface area contributed by atoms with E-state index in [1.165, 1.54) is 0 Å². The lowest BCUT2D eigenvalue weighted by molar-refractivity contribution is 0.0472. The van der Waals surface area contributed by atoms with Gasteiger partial charge >= 0.3 is 5.97 Å². The molecule has 0 saturated heterocycles. The molecule has 0 atom stereocenters. The largest absolute Gasteiger partial charge is 0.457 e. The van der Waals surface area contributed by atoms with Gasteiger partial charge in [-0.05, 0) is 36.2 Å². The van der Waals surface area contributed by atoms with Crippen molar-refractivity contribution >= 4 is 11.7 Å². The molecule has 3 nitrogen and oxygen atoms in total. The molecular weight excluding hydrogens is 238 g/mol. The summed E-state index contributed by atoms with van der Waals surface area (Å²) in [6.45, 7) is 2.26. The van der Waals surface area contributed by atoms with E-state index in [-0.39, 0.29) is 5.97 Å². The van der Waals surface area contributed by atoms with E-state index in [9.17, 15) is 4.79 Å². The van der Waals surface area contributed by atoms with Crippen LogP contribution >= 0.6 is 0 Å². The average Bonchev–Trinajstić information content (AvgIpc) is 2.45. The Morgan fingerprint density at radius 2 is 1.89 bits per heavy atom. The fourth-order valence-corrected chi connectivity index (χ4v) is 1.88. The molecule has 0 aliphatic rings. The van der Waals surface area contributed by atoms with Gasteiger partial charge in [-0.3, -0.25) is 0 Å². The number of anilines is 1. The smallest absolute Gasteiger partial charge is 0.338 e. The SMILES string of the molecule is CNc1ccc(C(=O)OCc2ccccc2)cc1C. The van der Waals surface area contributed by atoms with E-state index in [2.05, 4.69) is 5.32 Å². The van der Waals surface area contributed by atoms with Crippen molar-refractivity contribution in [2.45, 2.75) is 13.5 Å². The first-order chi connectivity index (χ1) is 9.20. The summed E-state index contributed by atoms with van der Waals surface area (Å²) in [7, 11) is 1.86. The number of ether oxygens (including phenoxy) is 1. The molecule has 0 aliphatic heterocycles. The minimum absolute atomic E-state index is 0.297. The summed E-state index contributed by atoms with van der Waals surface area (Å²) in [6, 6.07) is 15.1. The molecule has 0 aliphatic carbocycles. The minimum Gasteiger partial charge on any atom is -0.457 e. The van der Waals surface area contributed by atoms with Crippen molar-refractivity contribution in [2.75, 3.05) is 12.4 Å². The Hall–Kier alpha value is -2.29. The van der Waals surface area contributed by atoms with Gasteiger partial charge in [0.05, 0.1) is 5.56 Å². The summed E-state index contributed by atoms with van der Waals surface area (Å²) in [5.74, 6) is -0.297. The molecule has 0 fully saturated rings. The van der Waals surface area contributed by atoms with Crippen LogP contribution in [0.5, 0.6) is 0 Å². The second-order valence-electron chi connectivity index (χ2n) is 4.34. The number of hydrogen-bond donors (Lipinski definition) is 1. The lowest BCUT2D eigenvalue weighted by Gasteiger charge is -2.08. The molecule has 0 spiro atoms. The molecule has 1 N–H and O–H groups in total. The van der Waals surface area contributed by atoms with Crippen molar-refractivity contribution in [1.29, 1.82) is 0 Å². The van der Waals surface area contributed by atoms with E-state index in [4.69, 9.17) is 4.74 Å². The van der Waals surface area contributed by atoms with E-state index in [1.54, 1.807) is 6.07 Å². The van der Waals surface area contributed by atoms with Crippen molar-refractivity contribution in [3.8, 4) is 0 Å². The Morgan fingerprint density at radius 3 is 2.53 bits per heavy atom. The topological polar surface area (TPSA) is 38.3 Å². The van der Waals surface area contributed by atoms with E-state index < -0.39 is 0 Å². The van der Waals surface area contributed by atoms with E-state index in [1.807, 2.05) is 56.4 Å². The maximum Gasteiger partial charge on any atom is 0.338 e. The lowest BCUT2D eigenvalue weighted by atomic mass is 10.1. The van der Waals surface area contributed by atoms with Crippen molar-refractivity contribution < 1.29 is 9.53 Å². The third-order valence-corrected chi connectivity index (χ3v) is 2.94. The van der Waals surface area contributed by atoms with Crippen LogP contribution in [0.25, 0.3) is 0 Å². The zero-order valence-electron chi connectivity index (χ0n) is 11.1. The zero-order chi connectivity index (χ0) is 13.7. The second-order valence-corrected chi connectivity index (χ2v) is 4.34. The quantitative estimate of drug-likeness (QED) is 0.851. The predicted molar refractivity (Wildman–Crippen MR) is 76.3 cm³/mol. The maximum absolute atomic E-state index is 11.9. The highest BCUT2D eigenvalue weighted by Gasteiger charge is 2.08. The van der Waals surface area contributed by atoms with Gasteiger partial charge in [0.1, 0.15) is 6.61 Å². The first kappa shape index (κ1) is 13.1. The Morgan fingerprint density at radius 1 is 1.16 bits per heavy atom. The van der Waals surface area contributed by atoms with Gasteiger partial charge in [-0.2, -0.15) is 0 Å². The Labute approximate surface area is 113 Å². The van der Waals surface area contributed by atoms with E-state index in [0.29, 0.717) is 12.2 Å². The molecule has 3 heteroatoms. The third-order valence-electron chi connectivity index (χ3n) is 2.94. The Kier molecular flexibility index (Phi) is 4.18. The summed E-state index contributed by atoms with van der Waals surface area (Å²) in [4.78, 5) is 11.9. The normalized spacial score (nSPS) is 10.0. The molecule has 2 aromatic rings. The second kappa shape index (κ2) is 6.05. The number of aryl methyl sites for hydroxylation is 1. The first-order valence-corrected chi connectivity index (χ1v) is 6.20. The monoisotopic (exact) mass is 255 g/mol. The standard InChI is InChI=1S/C16H17NO2/c1-12-10-14(8-9-15(12)17-2)16(18)19-11-13-6-4-3-5-7-13/h3-10,17H,11H2,1-2H3. The first-order valence-electron chi connectivity index (χ1n) is 6.20. The Bertz CT molecular complexity index is 564. The average molecular weight is 255 g/mol. The van der Waals surface area contributed by atoms with Crippen LogP contribution in [0.4, 0.5) is 5.69 Å². The lowest BCUT2D eigenvalue weighted by Crippen LogP contribution is -2.06. The van der Waals surface area contributed by atoms with Gasteiger partial charge in [0.15, 0.2) is 0 Å². The van der Waals surface area contributed by atoms with Crippen LogP contribution in [0.15, 0.2) is 48.5 Å². The summed E-state index contributed by atoms with van der Waals surface area (Å²) in [5, 5.41) is 3.07. The zero-order valence-corrected chi connectivity index (χ0v) is 11.1. The number of carbonyl (C=O) groups is 1. The fraction of sp³-hybridized carbons (Fsp3) is 0.188. The Balaban J connectivity index is 2.02. The molecule has 0 amide bonds. The number of esters is 1. The molecular formula is C16H17NO2. The van der Waals surface area contributed by atoms with Gasteiger partial charge in [0.2, 0.25) is 0 Å². The molecule has 0 radical (unpaired) electrons. The number of rotatable bonds is 4. The van der Waals surface area contributed by atoms with Crippen molar-refractivity contribution in [1.82, 2.24) is 0 Å². The summed E-state index contributed by atoms with van der Waals surface area (Å²) >= 11 is 0. The predicted octanol–water partition coefficient (Wildman–Crippen LogP) is 3.39. The van der Waals surface area contributed by atoms with Crippen molar-refractivity contribution in [3.63, 3.8) is 0 Å². The minimum atomic E-state index is -0.297. The summed E-state index contributed by atoms with van der Waals surface area (Å²) in [5.41, 5.74) is 3.60. The van der Waals surface area contributed by atoms with Crippen LogP contribution in [0.2, 0.25) is 0 Å². The summed E-state index contributed by atoms with van der Waals surface area (Å²) < 4.78 is 5.28. The van der Waals surface area contributed by atoms with Crippen LogP contribution in [0.1, 0.15) is 21.5 Å². The van der Waals surface area contributed by atoms with E-state index in [0.717, 1.165) is 16.8 Å². The van der Waals surface area contributed by atoms with Crippen LogP contribution in [-0.4, -0.2) is 13.0 Å². The summed E-state index contributed by atoms with van der Waals surface area (Å²) in [6.07, 6.45) is 0. The number of nitrogens with one attached hydrogen (secondary N) is 1. The van der Waals surface area contributed by atoms with Crippen LogP contribution in [-0.2, 0) is 11.3 Å². The van der Waals surface area contributed by atoms with Gasteiger partial charge in [-0.1, -0.05) is 30.3 Å². The molecule has 0 heterocycles. The number of carbonyl (C=O) groups excluding carboxylic acids is 1. The molecule has 19 heavy (non-hydrogen) atoms. The van der Waals surface area contributed by atoms with Crippen molar-refractivity contribution in [2.24, 2.45) is 0 Å². The highest BCUT2D eigenvalue weighted by molar-refractivity contribution is 5.90. The van der Waals surface area contributed by atoms with Crippen LogP contribution in [0.3, 0.4) is 0 Å². The van der Waals surface area contributed by atoms with Gasteiger partial charge in [-0.15, -0.1) is 0 Å². The van der Waals surface area contributed by atoms with Crippen LogP contribution in [0, 0.1) is 6.92 Å². The third kappa shape index (κ3) is 3.35. The maximum atomic E-state index is 11.9. The highest BCUT2D eigenvalue weighted by atomic mass is 16.5. The van der Waals surface area contributed by atoms with Gasteiger partial charge in [0.25, 0.3) is 0 Å². The van der Waals surface area contributed by atoms with Crippen LogP contribution < -0.4 is 5.32 Å². The molecule has 0 bridgehead atoms. The van der Waals surface area contributed by atoms with E-state index >= 15 is 0 Å². The molecule has 2 rings (SSSR count). The molecule has 0 saturated carbocycles. The highest BCUT2D eigenvalue weighted by Crippen LogP contribution is 2.16. The molecule has 0 unspecified atom stereocenters. The number of hydrogen-bond acceptors (Lipinski definition) is 3. The van der Waals surface area contributed by atoms with Gasteiger partial charge in [0, 0.05) is 12.7 Å². The molecule has 0 aromatic heterocycles. The van der Waals surface area contributed by atoms with Gasteiger partial charge < -0.3 is 10.1 Å². The fourth-order valence-electron chi connectivity index (χ4n) is 1.88.